The first kappa shape index (κ1) is 22.6. The predicted molar refractivity (Wildman–Crippen MR) is 138 cm³/mol. The smallest absolute Gasteiger partial charge is 0.253 e. The van der Waals surface area contributed by atoms with Crippen LogP contribution in [0.4, 0.5) is 5.82 Å². The zero-order valence-electron chi connectivity index (χ0n) is 19.9. The molecule has 2 amide bonds. The number of rotatable bonds is 5. The van der Waals surface area contributed by atoms with Gasteiger partial charge in [0.15, 0.2) is 0 Å². The van der Waals surface area contributed by atoms with Crippen LogP contribution in [0.1, 0.15) is 40.9 Å². The van der Waals surface area contributed by atoms with Crippen LogP contribution >= 0.6 is 0 Å². The van der Waals surface area contributed by atoms with Crippen molar-refractivity contribution in [2.24, 2.45) is 0 Å². The van der Waals surface area contributed by atoms with Crippen molar-refractivity contribution in [3.05, 3.63) is 102 Å². The number of benzene rings is 3. The highest BCUT2D eigenvalue weighted by atomic mass is 16.2. The van der Waals surface area contributed by atoms with Gasteiger partial charge in [0.2, 0.25) is 5.91 Å². The van der Waals surface area contributed by atoms with E-state index in [1.165, 1.54) is 12.5 Å². The molecule has 176 valence electrons. The topological polar surface area (TPSA) is 67.2 Å². The summed E-state index contributed by atoms with van der Waals surface area (Å²) in [6.07, 6.45) is 0.975. The van der Waals surface area contributed by atoms with E-state index in [0.29, 0.717) is 17.3 Å². The summed E-state index contributed by atoms with van der Waals surface area (Å²) in [4.78, 5) is 27.1. The van der Waals surface area contributed by atoms with Gasteiger partial charge in [0.1, 0.15) is 5.82 Å². The Hall–Kier alpha value is -4.19. The van der Waals surface area contributed by atoms with E-state index in [9.17, 15) is 9.59 Å². The summed E-state index contributed by atoms with van der Waals surface area (Å²) >= 11 is 0. The summed E-state index contributed by atoms with van der Waals surface area (Å²) in [5.41, 5.74) is 5.38. The molecule has 1 fully saturated rings. The van der Waals surface area contributed by atoms with Gasteiger partial charge in [-0.05, 0) is 48.7 Å². The average molecular weight is 465 g/mol. The van der Waals surface area contributed by atoms with E-state index < -0.39 is 0 Å². The van der Waals surface area contributed by atoms with Crippen molar-refractivity contribution in [2.45, 2.75) is 26.2 Å². The number of amides is 2. The summed E-state index contributed by atoms with van der Waals surface area (Å²) in [6, 6.07) is 27.7. The zero-order chi connectivity index (χ0) is 24.4. The van der Waals surface area contributed by atoms with Crippen LogP contribution in [-0.4, -0.2) is 39.6 Å². The van der Waals surface area contributed by atoms with Crippen LogP contribution in [0.3, 0.4) is 0 Å². The molecule has 35 heavy (non-hydrogen) atoms. The fourth-order valence-corrected chi connectivity index (χ4v) is 4.82. The standard InChI is InChI=1S/C29H28N4O2/c1-20-27(23-11-7-4-8-12-23)28(30-21(2)34)33(31-20)26-15-13-24(14-16-26)29(35)32-18-17-25(19-32)22-9-5-3-6-10-22/h3-16,25H,17-19H2,1-2H3,(H,30,34)/t25-/m0/s1. The van der Waals surface area contributed by atoms with Gasteiger partial charge in [0.25, 0.3) is 5.91 Å². The number of nitrogens with zero attached hydrogens (tertiary/aromatic N) is 3. The van der Waals surface area contributed by atoms with E-state index in [4.69, 9.17) is 5.10 Å². The van der Waals surface area contributed by atoms with Gasteiger partial charge in [-0.2, -0.15) is 5.10 Å². The fourth-order valence-electron chi connectivity index (χ4n) is 4.82. The number of carbonyl (C=O) groups excluding carboxylic acids is 2. The number of aryl methyl sites for hydroxylation is 1. The minimum atomic E-state index is -0.169. The predicted octanol–water partition coefficient (Wildman–Crippen LogP) is 5.44. The van der Waals surface area contributed by atoms with Crippen molar-refractivity contribution in [2.75, 3.05) is 18.4 Å². The summed E-state index contributed by atoms with van der Waals surface area (Å²) < 4.78 is 1.73. The third-order valence-corrected chi connectivity index (χ3v) is 6.52. The largest absolute Gasteiger partial charge is 0.338 e. The number of hydrogen-bond donors (Lipinski definition) is 1. The Labute approximate surface area is 205 Å². The fraction of sp³-hybridized carbons (Fsp3) is 0.207. The Morgan fingerprint density at radius 1 is 0.914 bits per heavy atom. The van der Waals surface area contributed by atoms with Crippen molar-refractivity contribution in [1.82, 2.24) is 14.7 Å². The Balaban J connectivity index is 1.40. The lowest BCUT2D eigenvalue weighted by Gasteiger charge is -2.17. The van der Waals surface area contributed by atoms with Crippen LogP contribution in [0.25, 0.3) is 16.8 Å². The minimum Gasteiger partial charge on any atom is -0.338 e. The van der Waals surface area contributed by atoms with E-state index >= 15 is 0 Å². The maximum absolute atomic E-state index is 13.2. The van der Waals surface area contributed by atoms with Gasteiger partial charge in [-0.3, -0.25) is 9.59 Å². The maximum atomic E-state index is 13.2. The molecular weight excluding hydrogens is 436 g/mol. The number of likely N-dealkylation sites (tertiary alicyclic amines) is 1. The summed E-state index contributed by atoms with van der Waals surface area (Å²) in [6.45, 7) is 4.90. The van der Waals surface area contributed by atoms with Crippen molar-refractivity contribution in [3.63, 3.8) is 0 Å². The molecule has 0 radical (unpaired) electrons. The Morgan fingerprint density at radius 3 is 2.23 bits per heavy atom. The molecule has 0 bridgehead atoms. The number of carbonyl (C=O) groups is 2. The van der Waals surface area contributed by atoms with Crippen molar-refractivity contribution >= 4 is 17.6 Å². The van der Waals surface area contributed by atoms with E-state index in [1.54, 1.807) is 4.68 Å². The minimum absolute atomic E-state index is 0.0405. The van der Waals surface area contributed by atoms with Gasteiger partial charge in [-0.25, -0.2) is 4.68 Å². The molecular formula is C29H28N4O2. The van der Waals surface area contributed by atoms with E-state index in [1.807, 2.05) is 84.6 Å². The first-order valence-electron chi connectivity index (χ1n) is 11.9. The number of hydrogen-bond acceptors (Lipinski definition) is 3. The Bertz CT molecular complexity index is 1340. The molecule has 1 atom stereocenters. The van der Waals surface area contributed by atoms with Crippen LogP contribution in [-0.2, 0) is 4.79 Å². The lowest BCUT2D eigenvalue weighted by molar-refractivity contribution is -0.114. The first-order valence-corrected chi connectivity index (χ1v) is 11.9. The molecule has 0 aliphatic carbocycles. The normalized spacial score (nSPS) is 15.3. The SMILES string of the molecule is CC(=O)Nc1c(-c2ccccc2)c(C)nn1-c1ccc(C(=O)N2CC[C@H](c3ccccc3)C2)cc1. The third kappa shape index (κ3) is 4.60. The molecule has 6 nitrogen and oxygen atoms in total. The first-order chi connectivity index (χ1) is 17.0. The van der Waals surface area contributed by atoms with Gasteiger partial charge in [-0.15, -0.1) is 0 Å². The molecule has 4 aromatic rings. The summed E-state index contributed by atoms with van der Waals surface area (Å²) in [5, 5.41) is 7.66. The van der Waals surface area contributed by atoms with Crippen molar-refractivity contribution in [3.8, 4) is 16.8 Å². The summed E-state index contributed by atoms with van der Waals surface area (Å²) in [5.74, 6) is 0.865. The van der Waals surface area contributed by atoms with Crippen molar-refractivity contribution < 1.29 is 9.59 Å². The van der Waals surface area contributed by atoms with E-state index in [-0.39, 0.29) is 11.8 Å². The van der Waals surface area contributed by atoms with Crippen LogP contribution in [0.2, 0.25) is 0 Å². The quantitative estimate of drug-likeness (QED) is 0.428. The molecule has 1 aliphatic rings. The molecule has 6 heteroatoms. The average Bonchev–Trinajstić information content (AvgIpc) is 3.50. The van der Waals surface area contributed by atoms with Crippen molar-refractivity contribution in [1.29, 1.82) is 0 Å². The van der Waals surface area contributed by atoms with Gasteiger partial charge in [0, 0.05) is 37.1 Å². The maximum Gasteiger partial charge on any atom is 0.253 e. The Morgan fingerprint density at radius 2 is 1.57 bits per heavy atom. The molecule has 1 N–H and O–H groups in total. The Kier molecular flexibility index (Phi) is 6.19. The molecule has 1 aromatic heterocycles. The highest BCUT2D eigenvalue weighted by Crippen LogP contribution is 2.34. The lowest BCUT2D eigenvalue weighted by atomic mass is 9.99. The lowest BCUT2D eigenvalue weighted by Crippen LogP contribution is -2.28. The van der Waals surface area contributed by atoms with Crippen LogP contribution in [0.15, 0.2) is 84.9 Å². The number of aromatic nitrogens is 2. The number of anilines is 1. The van der Waals surface area contributed by atoms with Gasteiger partial charge < -0.3 is 10.2 Å². The van der Waals surface area contributed by atoms with Gasteiger partial charge in [0.05, 0.1) is 11.4 Å². The molecule has 2 heterocycles. The highest BCUT2D eigenvalue weighted by Gasteiger charge is 2.28. The zero-order valence-corrected chi connectivity index (χ0v) is 19.9. The number of nitrogens with one attached hydrogen (secondary N) is 1. The molecule has 0 unspecified atom stereocenters. The van der Waals surface area contributed by atoms with Crippen LogP contribution in [0, 0.1) is 6.92 Å². The molecule has 1 saturated heterocycles. The molecule has 0 saturated carbocycles. The molecule has 0 spiro atoms. The van der Waals surface area contributed by atoms with Gasteiger partial charge in [-0.1, -0.05) is 60.7 Å². The monoisotopic (exact) mass is 464 g/mol. The second-order valence-corrected chi connectivity index (χ2v) is 8.96. The molecule has 5 rings (SSSR count). The van der Waals surface area contributed by atoms with Crippen LogP contribution in [0.5, 0.6) is 0 Å². The second kappa shape index (κ2) is 9.58. The highest BCUT2D eigenvalue weighted by molar-refractivity contribution is 5.95. The van der Waals surface area contributed by atoms with E-state index in [0.717, 1.165) is 42.0 Å². The summed E-state index contributed by atoms with van der Waals surface area (Å²) in [7, 11) is 0. The third-order valence-electron chi connectivity index (χ3n) is 6.52. The van der Waals surface area contributed by atoms with E-state index in [2.05, 4.69) is 17.4 Å². The van der Waals surface area contributed by atoms with Crippen LogP contribution < -0.4 is 5.32 Å². The second-order valence-electron chi connectivity index (χ2n) is 8.96. The van der Waals surface area contributed by atoms with Gasteiger partial charge >= 0.3 is 0 Å². The molecule has 3 aromatic carbocycles. The molecule has 1 aliphatic heterocycles.